The molecule has 1 aliphatic rings. The minimum absolute atomic E-state index is 0.00618. The van der Waals surface area contributed by atoms with Crippen LogP contribution in [0.1, 0.15) is 47.0 Å². The van der Waals surface area contributed by atoms with Crippen LogP contribution in [0, 0.1) is 5.92 Å². The zero-order chi connectivity index (χ0) is 12.3. The van der Waals surface area contributed by atoms with Gasteiger partial charge in [-0.25, -0.2) is 0 Å². The lowest BCUT2D eigenvalue weighted by Crippen LogP contribution is -2.54. The van der Waals surface area contributed by atoms with Crippen LogP contribution in [0.5, 0.6) is 0 Å². The Morgan fingerprint density at radius 2 is 2.12 bits per heavy atom. The molecular formula is C13H26N2O. The van der Waals surface area contributed by atoms with Crippen molar-refractivity contribution in [2.45, 2.75) is 58.5 Å². The minimum atomic E-state index is -0.0176. The van der Waals surface area contributed by atoms with Crippen molar-refractivity contribution in [3.05, 3.63) is 0 Å². The Bertz CT molecular complexity index is 250. The molecule has 0 spiro atoms. The molecule has 1 heterocycles. The lowest BCUT2D eigenvalue weighted by molar-refractivity contribution is -0.138. The maximum atomic E-state index is 12.5. The summed E-state index contributed by atoms with van der Waals surface area (Å²) in [6.45, 7) is 9.54. The van der Waals surface area contributed by atoms with E-state index in [9.17, 15) is 4.79 Å². The zero-order valence-electron chi connectivity index (χ0n) is 11.3. The summed E-state index contributed by atoms with van der Waals surface area (Å²) in [6, 6.07) is -0.00618. The second-order valence-corrected chi connectivity index (χ2v) is 5.54. The van der Waals surface area contributed by atoms with Crippen LogP contribution < -0.4 is 5.32 Å². The van der Waals surface area contributed by atoms with Gasteiger partial charge in [0.15, 0.2) is 0 Å². The second kappa shape index (κ2) is 5.17. The number of carbonyl (C=O) groups is 1. The second-order valence-electron chi connectivity index (χ2n) is 5.54. The molecule has 0 aromatic rings. The standard InChI is InChI=1S/C13H26N2O/c1-6-13(3,4)15-9-7-8-10(2)11(14-5)12(15)16/h10-11,14H,6-9H2,1-5H3. The summed E-state index contributed by atoms with van der Waals surface area (Å²) in [5.74, 6) is 0.717. The highest BCUT2D eigenvalue weighted by molar-refractivity contribution is 5.83. The molecule has 16 heavy (non-hydrogen) atoms. The van der Waals surface area contributed by atoms with Crippen molar-refractivity contribution in [1.82, 2.24) is 10.2 Å². The Balaban J connectivity index is 2.90. The molecule has 94 valence electrons. The quantitative estimate of drug-likeness (QED) is 0.798. The van der Waals surface area contributed by atoms with E-state index in [1.807, 2.05) is 7.05 Å². The third kappa shape index (κ3) is 2.57. The summed E-state index contributed by atoms with van der Waals surface area (Å²) in [7, 11) is 1.89. The smallest absolute Gasteiger partial charge is 0.240 e. The van der Waals surface area contributed by atoms with Crippen molar-refractivity contribution in [3.8, 4) is 0 Å². The van der Waals surface area contributed by atoms with Crippen molar-refractivity contribution < 1.29 is 4.79 Å². The summed E-state index contributed by atoms with van der Waals surface area (Å²) >= 11 is 0. The summed E-state index contributed by atoms with van der Waals surface area (Å²) in [4.78, 5) is 14.5. The summed E-state index contributed by atoms with van der Waals surface area (Å²) in [5.41, 5.74) is -0.0176. The molecule has 2 atom stereocenters. The van der Waals surface area contributed by atoms with Gasteiger partial charge >= 0.3 is 0 Å². The zero-order valence-corrected chi connectivity index (χ0v) is 11.3. The van der Waals surface area contributed by atoms with E-state index < -0.39 is 0 Å². The SMILES string of the molecule is CCC(C)(C)N1CCCC(C)C(NC)C1=O. The maximum absolute atomic E-state index is 12.5. The van der Waals surface area contributed by atoms with E-state index >= 15 is 0 Å². The van der Waals surface area contributed by atoms with Crippen LogP contribution in [0.3, 0.4) is 0 Å². The van der Waals surface area contributed by atoms with E-state index in [4.69, 9.17) is 0 Å². The molecule has 1 aliphatic heterocycles. The number of carbonyl (C=O) groups excluding carboxylic acids is 1. The largest absolute Gasteiger partial charge is 0.336 e. The van der Waals surface area contributed by atoms with Crippen LogP contribution >= 0.6 is 0 Å². The van der Waals surface area contributed by atoms with E-state index in [0.717, 1.165) is 25.8 Å². The summed E-state index contributed by atoms with van der Waals surface area (Å²) < 4.78 is 0. The number of amides is 1. The fourth-order valence-corrected chi connectivity index (χ4v) is 2.46. The summed E-state index contributed by atoms with van der Waals surface area (Å²) in [6.07, 6.45) is 3.26. The van der Waals surface area contributed by atoms with Crippen molar-refractivity contribution in [2.75, 3.05) is 13.6 Å². The third-order valence-electron chi connectivity index (χ3n) is 4.05. The van der Waals surface area contributed by atoms with Crippen molar-refractivity contribution in [2.24, 2.45) is 5.92 Å². The van der Waals surface area contributed by atoms with E-state index in [0.29, 0.717) is 5.92 Å². The molecular weight excluding hydrogens is 200 g/mol. The Labute approximate surface area is 99.6 Å². The van der Waals surface area contributed by atoms with Crippen LogP contribution in [-0.4, -0.2) is 36.0 Å². The van der Waals surface area contributed by atoms with Gasteiger partial charge in [-0.05, 0) is 46.1 Å². The molecule has 1 saturated heterocycles. The first-order chi connectivity index (χ1) is 7.44. The molecule has 2 unspecified atom stereocenters. The van der Waals surface area contributed by atoms with Crippen LogP contribution in [0.15, 0.2) is 0 Å². The fraction of sp³-hybridized carbons (Fsp3) is 0.923. The van der Waals surface area contributed by atoms with Gasteiger partial charge in [-0.3, -0.25) is 4.79 Å². The predicted octanol–water partition coefficient (Wildman–Crippen LogP) is 2.02. The van der Waals surface area contributed by atoms with E-state index in [2.05, 4.69) is 37.9 Å². The first-order valence-electron chi connectivity index (χ1n) is 6.42. The van der Waals surface area contributed by atoms with Crippen LogP contribution in [0.25, 0.3) is 0 Å². The number of hydrogen-bond acceptors (Lipinski definition) is 2. The van der Waals surface area contributed by atoms with Gasteiger partial charge in [0.2, 0.25) is 5.91 Å². The lowest BCUT2D eigenvalue weighted by Gasteiger charge is -2.39. The third-order valence-corrected chi connectivity index (χ3v) is 4.05. The van der Waals surface area contributed by atoms with Gasteiger partial charge < -0.3 is 10.2 Å². The molecule has 3 nitrogen and oxygen atoms in total. The Morgan fingerprint density at radius 1 is 1.50 bits per heavy atom. The van der Waals surface area contributed by atoms with Crippen LogP contribution in [-0.2, 0) is 4.79 Å². The molecule has 1 fully saturated rings. The van der Waals surface area contributed by atoms with Crippen molar-refractivity contribution in [3.63, 3.8) is 0 Å². The maximum Gasteiger partial charge on any atom is 0.240 e. The van der Waals surface area contributed by atoms with Crippen molar-refractivity contribution >= 4 is 5.91 Å². The van der Waals surface area contributed by atoms with Crippen molar-refractivity contribution in [1.29, 1.82) is 0 Å². The molecule has 0 aliphatic carbocycles. The molecule has 1 N–H and O–H groups in total. The molecule has 0 aromatic heterocycles. The van der Waals surface area contributed by atoms with E-state index in [1.165, 1.54) is 0 Å². The first-order valence-corrected chi connectivity index (χ1v) is 6.42. The van der Waals surface area contributed by atoms with Gasteiger partial charge in [-0.2, -0.15) is 0 Å². The molecule has 0 radical (unpaired) electrons. The number of nitrogens with zero attached hydrogens (tertiary/aromatic N) is 1. The van der Waals surface area contributed by atoms with Crippen LogP contribution in [0.2, 0.25) is 0 Å². The van der Waals surface area contributed by atoms with Gasteiger partial charge in [0.25, 0.3) is 0 Å². The number of likely N-dealkylation sites (N-methyl/N-ethyl adjacent to an activating group) is 1. The molecule has 1 rings (SSSR count). The highest BCUT2D eigenvalue weighted by atomic mass is 16.2. The van der Waals surface area contributed by atoms with Gasteiger partial charge in [-0.15, -0.1) is 0 Å². The molecule has 1 amide bonds. The average Bonchev–Trinajstić information content (AvgIpc) is 2.38. The predicted molar refractivity (Wildman–Crippen MR) is 67.3 cm³/mol. The van der Waals surface area contributed by atoms with Gasteiger partial charge in [0.1, 0.15) is 0 Å². The van der Waals surface area contributed by atoms with E-state index in [1.54, 1.807) is 0 Å². The van der Waals surface area contributed by atoms with E-state index in [-0.39, 0.29) is 17.5 Å². The summed E-state index contributed by atoms with van der Waals surface area (Å²) in [5, 5.41) is 3.18. The number of rotatable bonds is 3. The Hall–Kier alpha value is -0.570. The van der Waals surface area contributed by atoms with Gasteiger partial charge in [0.05, 0.1) is 6.04 Å². The number of likely N-dealkylation sites (tertiary alicyclic amines) is 1. The number of nitrogens with one attached hydrogen (secondary N) is 1. The monoisotopic (exact) mass is 226 g/mol. The number of hydrogen-bond donors (Lipinski definition) is 1. The fourth-order valence-electron chi connectivity index (χ4n) is 2.46. The topological polar surface area (TPSA) is 32.3 Å². The molecule has 0 aromatic carbocycles. The molecule has 3 heteroatoms. The average molecular weight is 226 g/mol. The Morgan fingerprint density at radius 3 is 2.62 bits per heavy atom. The van der Waals surface area contributed by atoms with Crippen LogP contribution in [0.4, 0.5) is 0 Å². The molecule has 0 saturated carbocycles. The lowest BCUT2D eigenvalue weighted by atomic mass is 9.96. The van der Waals surface area contributed by atoms with Gasteiger partial charge in [-0.1, -0.05) is 13.8 Å². The highest BCUT2D eigenvalue weighted by Gasteiger charge is 2.37. The highest BCUT2D eigenvalue weighted by Crippen LogP contribution is 2.26. The Kier molecular flexibility index (Phi) is 4.36. The van der Waals surface area contributed by atoms with Gasteiger partial charge in [0, 0.05) is 12.1 Å². The first kappa shape index (κ1) is 13.5. The minimum Gasteiger partial charge on any atom is -0.336 e. The molecule has 0 bridgehead atoms. The normalized spacial score (nSPS) is 28.1.